The highest BCUT2D eigenvalue weighted by atomic mass is 15.0. The maximum Gasteiger partial charge on any atom is 0.162 e. The van der Waals surface area contributed by atoms with E-state index in [1.54, 1.807) is 0 Å². The maximum absolute atomic E-state index is 10.1. The third-order valence-corrected chi connectivity index (χ3v) is 8.97. The largest absolute Gasteiger partial charge is 0.308 e. The molecule has 0 amide bonds. The topological polar surface area (TPSA) is 54.5 Å². The Morgan fingerprint density at radius 2 is 1.04 bits per heavy atom. The first-order valence-electron chi connectivity index (χ1n) is 16.2. The van der Waals surface area contributed by atoms with Crippen LogP contribution < -0.4 is 0 Å². The molecular weight excluding hydrogens is 573 g/mol. The minimum atomic E-state index is -0.00427. The van der Waals surface area contributed by atoms with E-state index in [0.717, 1.165) is 44.8 Å². The van der Waals surface area contributed by atoms with Crippen molar-refractivity contribution in [1.82, 2.24) is 14.5 Å². The van der Waals surface area contributed by atoms with Crippen LogP contribution in [0.25, 0.3) is 61.4 Å². The van der Waals surface area contributed by atoms with Gasteiger partial charge in [-0.25, -0.2) is 9.97 Å². The third kappa shape index (κ3) is 5.59. The molecule has 230 valence electrons. The smallest absolute Gasteiger partial charge is 0.162 e. The fourth-order valence-electron chi connectivity index (χ4n) is 6.27. The summed E-state index contributed by atoms with van der Waals surface area (Å²) in [5.41, 5.74) is 10.8. The lowest BCUT2D eigenvalue weighted by molar-refractivity contribution is 0.590. The van der Waals surface area contributed by atoms with Crippen molar-refractivity contribution in [3.05, 3.63) is 138 Å². The van der Waals surface area contributed by atoms with Gasteiger partial charge in [0.15, 0.2) is 5.82 Å². The molecule has 7 rings (SSSR count). The quantitative estimate of drug-likeness (QED) is 0.199. The van der Waals surface area contributed by atoms with Gasteiger partial charge in [-0.15, -0.1) is 0 Å². The lowest BCUT2D eigenvalue weighted by atomic mass is 9.85. The highest BCUT2D eigenvalue weighted by Gasteiger charge is 2.23. The molecule has 0 fully saturated rings. The molecule has 0 aliphatic carbocycles. The molecule has 0 radical (unpaired) electrons. The second-order valence-electron chi connectivity index (χ2n) is 14.3. The molecule has 0 saturated carbocycles. The van der Waals surface area contributed by atoms with Crippen LogP contribution in [0.5, 0.6) is 0 Å². The predicted molar refractivity (Wildman–Crippen MR) is 195 cm³/mol. The first-order valence-corrected chi connectivity index (χ1v) is 16.2. The van der Waals surface area contributed by atoms with Crippen LogP contribution in [-0.2, 0) is 10.8 Å². The molecule has 0 atom stereocenters. The lowest BCUT2D eigenvalue weighted by Gasteiger charge is -2.19. The van der Waals surface area contributed by atoms with Crippen LogP contribution in [0.1, 0.15) is 58.2 Å². The summed E-state index contributed by atoms with van der Waals surface area (Å²) in [5.74, 6) is 0.609. The monoisotopic (exact) mass is 610 g/mol. The first-order chi connectivity index (χ1) is 22.5. The second kappa shape index (κ2) is 11.4. The Morgan fingerprint density at radius 3 is 1.49 bits per heavy atom. The van der Waals surface area contributed by atoms with Crippen LogP contribution in [0, 0.1) is 11.3 Å². The van der Waals surface area contributed by atoms with Gasteiger partial charge in [0.2, 0.25) is 0 Å². The Balaban J connectivity index is 1.56. The fraction of sp³-hybridized carbons (Fsp3) is 0.186. The zero-order valence-corrected chi connectivity index (χ0v) is 27.8. The number of benzene rings is 5. The lowest BCUT2D eigenvalue weighted by Crippen LogP contribution is -2.10. The molecule has 4 heteroatoms. The van der Waals surface area contributed by atoms with Crippen molar-refractivity contribution >= 4 is 21.8 Å². The van der Waals surface area contributed by atoms with E-state index in [1.807, 2.05) is 54.6 Å². The van der Waals surface area contributed by atoms with Crippen molar-refractivity contribution in [2.45, 2.75) is 52.4 Å². The molecule has 0 bridgehead atoms. The number of nitriles is 1. The number of fused-ring (bicyclic) bond motifs is 3. The molecule has 0 aliphatic rings. The number of aromatic nitrogens is 3. The summed E-state index contributed by atoms with van der Waals surface area (Å²) in [6, 6.07) is 44.3. The highest BCUT2D eigenvalue weighted by Crippen LogP contribution is 2.40. The second-order valence-corrected chi connectivity index (χ2v) is 14.3. The van der Waals surface area contributed by atoms with Gasteiger partial charge < -0.3 is 4.57 Å². The van der Waals surface area contributed by atoms with Crippen LogP contribution >= 0.6 is 0 Å². The minimum absolute atomic E-state index is 0.00427. The zero-order chi connectivity index (χ0) is 32.9. The van der Waals surface area contributed by atoms with Crippen molar-refractivity contribution in [3.63, 3.8) is 0 Å². The van der Waals surface area contributed by atoms with Gasteiger partial charge in [0.1, 0.15) is 0 Å². The van der Waals surface area contributed by atoms with Gasteiger partial charge in [-0.05, 0) is 70.5 Å². The maximum atomic E-state index is 10.1. The Kier molecular flexibility index (Phi) is 7.29. The summed E-state index contributed by atoms with van der Waals surface area (Å²) in [6.45, 7) is 13.5. The third-order valence-electron chi connectivity index (χ3n) is 8.97. The van der Waals surface area contributed by atoms with E-state index in [0.29, 0.717) is 11.4 Å². The molecule has 0 saturated heterocycles. The normalized spacial score (nSPS) is 12.0. The van der Waals surface area contributed by atoms with Gasteiger partial charge in [0, 0.05) is 27.5 Å². The summed E-state index contributed by atoms with van der Waals surface area (Å²) >= 11 is 0. The summed E-state index contributed by atoms with van der Waals surface area (Å²) in [7, 11) is 0. The number of hydrogen-bond acceptors (Lipinski definition) is 3. The van der Waals surface area contributed by atoms with E-state index in [1.165, 1.54) is 21.9 Å². The van der Waals surface area contributed by atoms with Crippen molar-refractivity contribution in [1.29, 1.82) is 5.26 Å². The molecule has 5 aromatic carbocycles. The summed E-state index contributed by atoms with van der Waals surface area (Å²) in [4.78, 5) is 10.3. The van der Waals surface area contributed by atoms with Gasteiger partial charge in [-0.1, -0.05) is 114 Å². The molecule has 4 nitrogen and oxygen atoms in total. The molecule has 0 N–H and O–H groups in total. The number of hydrogen-bond donors (Lipinski definition) is 0. The predicted octanol–water partition coefficient (Wildman–Crippen LogP) is 11.0. The van der Waals surface area contributed by atoms with E-state index >= 15 is 0 Å². The standard InChI is InChI=1S/C43H38N4/c1-42(2,3)31-18-21-38-34(24-31)35-25-32(43(4,5)6)19-22-39(35)47(38)40-23-28(27-44)17-20-33(40)41-45-36(29-13-9-7-10-14-29)26-37(46-41)30-15-11-8-12-16-30/h7-26H,1-6H3. The van der Waals surface area contributed by atoms with Crippen LogP contribution in [0.3, 0.4) is 0 Å². The Bertz CT molecular complexity index is 2180. The SMILES string of the molecule is CC(C)(C)c1ccc2c(c1)c1cc(C(C)(C)C)ccc1n2-c1cc(C#N)ccc1-c1nc(-c2ccccc2)cc(-c2ccccc2)n1. The van der Waals surface area contributed by atoms with Gasteiger partial charge in [0.25, 0.3) is 0 Å². The Labute approximate surface area is 277 Å². The Morgan fingerprint density at radius 1 is 0.553 bits per heavy atom. The molecule has 2 heterocycles. The molecule has 7 aromatic rings. The van der Waals surface area contributed by atoms with E-state index in [2.05, 4.69) is 119 Å². The van der Waals surface area contributed by atoms with Gasteiger partial charge in [-0.2, -0.15) is 5.26 Å². The zero-order valence-electron chi connectivity index (χ0n) is 27.8. The average Bonchev–Trinajstić information content (AvgIpc) is 3.41. The number of nitrogens with zero attached hydrogens (tertiary/aromatic N) is 4. The molecule has 0 spiro atoms. The number of rotatable bonds is 4. The van der Waals surface area contributed by atoms with Crippen molar-refractivity contribution in [3.8, 4) is 45.7 Å². The van der Waals surface area contributed by atoms with Gasteiger partial charge >= 0.3 is 0 Å². The first kappa shape index (κ1) is 30.1. The van der Waals surface area contributed by atoms with Crippen LogP contribution in [-0.4, -0.2) is 14.5 Å². The van der Waals surface area contributed by atoms with Crippen molar-refractivity contribution in [2.24, 2.45) is 0 Å². The fourth-order valence-corrected chi connectivity index (χ4v) is 6.27. The molecule has 47 heavy (non-hydrogen) atoms. The van der Waals surface area contributed by atoms with E-state index < -0.39 is 0 Å². The highest BCUT2D eigenvalue weighted by molar-refractivity contribution is 6.10. The van der Waals surface area contributed by atoms with Gasteiger partial charge in [0.05, 0.1) is 39.7 Å². The Hall–Kier alpha value is -5.53. The van der Waals surface area contributed by atoms with E-state index in [-0.39, 0.29) is 10.8 Å². The molecular formula is C43H38N4. The summed E-state index contributed by atoms with van der Waals surface area (Å²) < 4.78 is 2.29. The average molecular weight is 611 g/mol. The van der Waals surface area contributed by atoms with Crippen LogP contribution in [0.4, 0.5) is 0 Å². The van der Waals surface area contributed by atoms with Crippen molar-refractivity contribution < 1.29 is 0 Å². The molecule has 2 aromatic heterocycles. The van der Waals surface area contributed by atoms with Gasteiger partial charge in [-0.3, -0.25) is 0 Å². The van der Waals surface area contributed by atoms with Crippen LogP contribution in [0.15, 0.2) is 121 Å². The van der Waals surface area contributed by atoms with E-state index in [4.69, 9.17) is 9.97 Å². The van der Waals surface area contributed by atoms with Crippen molar-refractivity contribution in [2.75, 3.05) is 0 Å². The molecule has 0 unspecified atom stereocenters. The summed E-state index contributed by atoms with van der Waals surface area (Å²) in [5, 5.41) is 12.5. The molecule has 0 aliphatic heterocycles. The van der Waals surface area contributed by atoms with E-state index in [9.17, 15) is 5.26 Å². The summed E-state index contributed by atoms with van der Waals surface area (Å²) in [6.07, 6.45) is 0. The minimum Gasteiger partial charge on any atom is -0.308 e. The van der Waals surface area contributed by atoms with Crippen LogP contribution in [0.2, 0.25) is 0 Å².